The Morgan fingerprint density at radius 2 is 0.901 bits per heavy atom. The summed E-state index contributed by atoms with van der Waals surface area (Å²) in [4.78, 5) is 38.3. The Morgan fingerprint density at radius 1 is 0.580 bits per heavy atom. The van der Waals surface area contributed by atoms with Gasteiger partial charge in [0.1, 0.15) is 10.2 Å². The smallest absolute Gasteiger partial charge is 0.478 e. The van der Waals surface area contributed by atoms with Crippen molar-refractivity contribution in [3.8, 4) is 33.8 Å². The van der Waals surface area contributed by atoms with Crippen LogP contribution in [-0.4, -0.2) is 79.5 Å². The second-order valence-corrected chi connectivity index (χ2v) is 26.9. The van der Waals surface area contributed by atoms with Crippen LogP contribution >= 0.6 is 23.2 Å². The number of ketones is 2. The summed E-state index contributed by atoms with van der Waals surface area (Å²) in [5.74, 6) is 1.02. The number of aryl methyl sites for hydroxylation is 3. The van der Waals surface area contributed by atoms with Crippen molar-refractivity contribution in [1.29, 1.82) is 0 Å². The van der Waals surface area contributed by atoms with Crippen molar-refractivity contribution >= 4 is 47.7 Å². The molecule has 81 heavy (non-hydrogen) atoms. The molecule has 0 amide bonds. The van der Waals surface area contributed by atoms with Crippen molar-refractivity contribution in [3.05, 3.63) is 158 Å². The molecule has 11 rings (SSSR count). The minimum Gasteiger partial charge on any atom is -0.619 e. The molecule has 4 aliphatic carbocycles. The van der Waals surface area contributed by atoms with Gasteiger partial charge in [0.05, 0.1) is 22.4 Å². The molecule has 1 aliphatic heterocycles. The summed E-state index contributed by atoms with van der Waals surface area (Å²) < 4.78 is 8.39. The molecule has 0 spiro atoms. The first-order valence-corrected chi connectivity index (χ1v) is 29.7. The van der Waals surface area contributed by atoms with E-state index in [1.165, 1.54) is 16.7 Å². The number of halogens is 2. The van der Waals surface area contributed by atoms with Crippen molar-refractivity contribution < 1.29 is 38.6 Å². The van der Waals surface area contributed by atoms with Crippen molar-refractivity contribution in [3.63, 3.8) is 0 Å². The molecular weight excluding hydrogens is 1100 g/mol. The average Bonchev–Trinajstić information content (AvgIpc) is 3.61. The number of carbonyl (C=O) groups is 2. The number of alkyl halides is 2. The van der Waals surface area contributed by atoms with Gasteiger partial charge in [0.2, 0.25) is 17.1 Å². The van der Waals surface area contributed by atoms with Crippen LogP contribution in [0.15, 0.2) is 114 Å². The van der Waals surface area contributed by atoms with Crippen molar-refractivity contribution in [2.24, 2.45) is 16.2 Å². The van der Waals surface area contributed by atoms with Gasteiger partial charge in [-0.15, -0.1) is 27.9 Å². The van der Waals surface area contributed by atoms with Gasteiger partial charge in [-0.2, -0.15) is 0 Å². The van der Waals surface area contributed by atoms with Crippen molar-refractivity contribution in [1.82, 2.24) is 29.1 Å². The Hall–Kier alpha value is -5.55. The van der Waals surface area contributed by atoms with Crippen LogP contribution in [0.4, 0.5) is 0 Å². The van der Waals surface area contributed by atoms with Crippen LogP contribution in [0.3, 0.4) is 0 Å². The molecule has 2 bridgehead atoms. The summed E-state index contributed by atoms with van der Waals surface area (Å²) in [6, 6.07) is 32.9. The molecule has 4 heterocycles. The Labute approximate surface area is 503 Å². The molecule has 5 aliphatic rings. The van der Waals surface area contributed by atoms with E-state index in [0.29, 0.717) is 29.2 Å². The second-order valence-electron chi connectivity index (χ2n) is 26.1. The number of hydroxylamine groups is 1. The van der Waals surface area contributed by atoms with Gasteiger partial charge in [-0.25, -0.2) is 15.3 Å². The molecule has 6 aromatic rings. The third-order valence-corrected chi connectivity index (χ3v) is 18.5. The Balaban J connectivity index is 0.000000235. The van der Waals surface area contributed by atoms with E-state index < -0.39 is 35.2 Å². The molecule has 0 atom stereocenters. The van der Waals surface area contributed by atoms with E-state index in [1.54, 1.807) is 6.08 Å². The number of rotatable bonds is 11. The van der Waals surface area contributed by atoms with E-state index in [0.717, 1.165) is 104 Å². The van der Waals surface area contributed by atoms with Gasteiger partial charge in [-0.1, -0.05) is 141 Å². The molecule has 0 unspecified atom stereocenters. The van der Waals surface area contributed by atoms with Gasteiger partial charge in [0.15, 0.2) is 0 Å². The summed E-state index contributed by atoms with van der Waals surface area (Å²) in [6.07, 6.45) is 8.22. The minimum atomic E-state index is -1.61. The molecule has 12 nitrogen and oxygen atoms in total. The monoisotopic (exact) mass is 1180 g/mol. The van der Waals surface area contributed by atoms with Gasteiger partial charge >= 0.3 is 13.0 Å². The Morgan fingerprint density at radius 3 is 1.19 bits per heavy atom. The van der Waals surface area contributed by atoms with E-state index in [-0.39, 0.29) is 35.6 Å². The minimum absolute atomic E-state index is 0. The van der Waals surface area contributed by atoms with Crippen LogP contribution in [0, 0.1) is 47.1 Å². The zero-order valence-electron chi connectivity index (χ0n) is 50.9. The number of amidine groups is 1. The topological polar surface area (TPSA) is 134 Å². The Kier molecular flexibility index (Phi) is 18.7. The van der Waals surface area contributed by atoms with E-state index in [9.17, 15) is 19.7 Å². The predicted molar refractivity (Wildman–Crippen MR) is 328 cm³/mol. The quantitative estimate of drug-likeness (QED) is 0.0315. The molecule has 426 valence electrons. The van der Waals surface area contributed by atoms with E-state index in [2.05, 4.69) is 167 Å². The van der Waals surface area contributed by atoms with Gasteiger partial charge in [-0.3, -0.25) is 9.59 Å². The first-order valence-electron chi connectivity index (χ1n) is 28.6. The van der Waals surface area contributed by atoms with Crippen LogP contribution in [-0.2, 0) is 29.1 Å². The van der Waals surface area contributed by atoms with E-state index in [1.807, 2.05) is 54.5 Å². The molecule has 16 heteroatoms. The molecule has 3 saturated carbocycles. The number of benzene rings is 3. The maximum absolute atomic E-state index is 13.3. The first-order chi connectivity index (χ1) is 37.5. The number of Topliss-reactive ketones (excluding diaryl/α,β-unsaturated/α-hetero) is 1. The SMILES string of the molecule is CC(C)(C)C1=CC(C23CCC(C4=[N+]([O-])C(C)(C)C(C)(C)[N+]4=O)(CC2)CC3)=CC(=O)C1=O.Cc1cc(-c2ccc(C(C)C)cc2)nn1[BH-](n1nc(-c2ccc(C(C)C)cc2)cc1C)n1nc(-c2ccc(C(C)C)cc2)cc1C.ClCCl.[Zn]. The van der Waals surface area contributed by atoms with Crippen molar-refractivity contribution in [2.75, 3.05) is 5.34 Å². The zero-order valence-corrected chi connectivity index (χ0v) is 55.4. The number of allylic oxidation sites excluding steroid dienone is 4. The fourth-order valence-electron chi connectivity index (χ4n) is 12.3. The molecule has 3 fully saturated rings. The number of nitroso groups, excluding NO2 is 1. The van der Waals surface area contributed by atoms with Gasteiger partial charge < -0.3 is 19.0 Å². The third kappa shape index (κ3) is 12.0. The predicted octanol–water partition coefficient (Wildman–Crippen LogP) is 15.3. The number of carbonyl (C=O) groups excluding carboxylic acids is 2. The third-order valence-electron chi connectivity index (χ3n) is 18.5. The maximum Gasteiger partial charge on any atom is 0.478 e. The van der Waals surface area contributed by atoms with Crippen LogP contribution in [0.2, 0.25) is 0 Å². The molecule has 0 saturated heterocycles. The van der Waals surface area contributed by atoms with Crippen molar-refractivity contribution in [2.45, 2.75) is 178 Å². The van der Waals surface area contributed by atoms with Gasteiger partial charge in [0, 0.05) is 74.3 Å². The van der Waals surface area contributed by atoms with Gasteiger partial charge in [-0.05, 0) is 152 Å². The summed E-state index contributed by atoms with van der Waals surface area (Å²) >= 11 is 9.53. The molecular formula is C65H83BCl2N8O4Zn. The largest absolute Gasteiger partial charge is 0.619 e. The fourth-order valence-corrected chi connectivity index (χ4v) is 12.3. The average molecular weight is 1190 g/mol. The summed E-state index contributed by atoms with van der Waals surface area (Å²) in [5.41, 5.74) is 12.4. The number of fused-ring (bicyclic) bond motifs is 3. The summed E-state index contributed by atoms with van der Waals surface area (Å²) in [7, 11) is -1.61. The molecule has 3 aromatic carbocycles. The number of nitrogens with zero attached hydrogens (tertiary/aromatic N) is 8. The standard InChI is InChI=1S/C39H46BN6.C25H35N2O4.CH2Cl2.Zn/c1-25(2)31-10-16-34(17-11-31)37-22-28(7)44(41-37)40(45-29(8)23-38(42-45)35-18-12-32(13-19-35)26(3)4)46-30(9)24-39(43-46)36-20-14-33(15-21-36)27(5)6;1-21(2,3)17-14-16(15-18(28)19(17)29)24-8-11-25(12-9-24,13-10-24)20-26(30)22(4,5)23(6,7)27(20)31;2-1-3;/h10-27,40H,1-9H3;14-15H,8-13H2,1-7H3;1H2;/q-1;+1;;. The fraction of sp³-hybridized carbons (Fsp3) is 0.477. The first kappa shape index (κ1) is 63.0. The number of hydrogen-bond acceptors (Lipinski definition) is 7. The molecule has 3 aromatic heterocycles. The zero-order chi connectivity index (χ0) is 58.6. The molecule has 0 N–H and O–H groups in total. The Bertz CT molecular complexity index is 3160. The van der Waals surface area contributed by atoms with Crippen LogP contribution in [0.1, 0.15) is 180 Å². The van der Waals surface area contributed by atoms with E-state index >= 15 is 0 Å². The summed E-state index contributed by atoms with van der Waals surface area (Å²) in [6.45, 7) is 33.0. The normalized spacial score (nSPS) is 20.3. The van der Waals surface area contributed by atoms with Crippen LogP contribution in [0.25, 0.3) is 33.8 Å². The van der Waals surface area contributed by atoms with Gasteiger partial charge in [0.25, 0.3) is 5.54 Å². The maximum atomic E-state index is 13.3. The van der Waals surface area contributed by atoms with E-state index in [4.69, 9.17) is 38.5 Å². The van der Waals surface area contributed by atoms with Crippen LogP contribution < -0.4 is 0 Å². The second kappa shape index (κ2) is 24.0. The summed E-state index contributed by atoms with van der Waals surface area (Å²) in [5, 5.41) is 29.2. The number of hydrogen-bond donors (Lipinski definition) is 0. The molecule has 0 radical (unpaired) electrons. The van der Waals surface area contributed by atoms with Crippen LogP contribution in [0.5, 0.6) is 0 Å². The number of aromatic nitrogens is 6.